The summed E-state index contributed by atoms with van der Waals surface area (Å²) in [5, 5.41) is 7.41. The van der Waals surface area contributed by atoms with E-state index in [9.17, 15) is 0 Å². The maximum Gasteiger partial charge on any atom is 0.188 e. The summed E-state index contributed by atoms with van der Waals surface area (Å²) in [6.45, 7) is 0. The van der Waals surface area contributed by atoms with Gasteiger partial charge >= 0.3 is 0 Å². The fourth-order valence-electron chi connectivity index (χ4n) is 1.67. The molecule has 0 bridgehead atoms. The van der Waals surface area contributed by atoms with Crippen molar-refractivity contribution in [2.45, 2.75) is 4.90 Å². The van der Waals surface area contributed by atoms with Crippen LogP contribution in [0.4, 0.5) is 0 Å². The molecule has 0 fully saturated rings. The van der Waals surface area contributed by atoms with E-state index in [0.29, 0.717) is 5.58 Å². The molecule has 3 rings (SSSR count). The SMILES string of the molecule is Sc1cc2onnc2cc1-c1ccccc1. The van der Waals surface area contributed by atoms with Crippen molar-refractivity contribution in [3.63, 3.8) is 0 Å². The molecule has 16 heavy (non-hydrogen) atoms. The Labute approximate surface area is 97.5 Å². The van der Waals surface area contributed by atoms with Crippen LogP contribution in [-0.2, 0) is 0 Å². The van der Waals surface area contributed by atoms with E-state index in [1.54, 1.807) is 0 Å². The van der Waals surface area contributed by atoms with E-state index in [1.165, 1.54) is 0 Å². The Hall–Kier alpha value is -1.81. The van der Waals surface area contributed by atoms with Gasteiger partial charge in [-0.3, -0.25) is 0 Å². The standard InChI is InChI=1S/C12H8N2OS/c16-12-7-11-10(13-14-15-11)6-9(12)8-4-2-1-3-5-8/h1-7,16H. The van der Waals surface area contributed by atoms with Gasteiger partial charge in [0.15, 0.2) is 5.58 Å². The molecular formula is C12H8N2OS. The molecule has 2 aromatic carbocycles. The van der Waals surface area contributed by atoms with Crippen molar-refractivity contribution < 1.29 is 4.52 Å². The normalized spacial score (nSPS) is 10.8. The van der Waals surface area contributed by atoms with Crippen LogP contribution in [0.5, 0.6) is 0 Å². The van der Waals surface area contributed by atoms with Crippen LogP contribution in [0, 0.1) is 0 Å². The molecule has 0 atom stereocenters. The van der Waals surface area contributed by atoms with Crippen LogP contribution in [0.25, 0.3) is 22.2 Å². The summed E-state index contributed by atoms with van der Waals surface area (Å²) in [6, 6.07) is 13.8. The smallest absolute Gasteiger partial charge is 0.188 e. The first-order valence-corrected chi connectivity index (χ1v) is 5.30. The highest BCUT2D eigenvalue weighted by molar-refractivity contribution is 7.80. The third-order valence-corrected chi connectivity index (χ3v) is 2.82. The number of nitrogens with zero attached hydrogens (tertiary/aromatic N) is 2. The Morgan fingerprint density at radius 2 is 1.88 bits per heavy atom. The summed E-state index contributed by atoms with van der Waals surface area (Å²) in [5.41, 5.74) is 3.55. The molecule has 0 saturated carbocycles. The van der Waals surface area contributed by atoms with Gasteiger partial charge in [0, 0.05) is 10.2 Å². The molecule has 0 unspecified atom stereocenters. The number of thiol groups is 1. The molecule has 1 aromatic heterocycles. The molecule has 3 aromatic rings. The molecule has 0 amide bonds. The fourth-order valence-corrected chi connectivity index (χ4v) is 1.98. The zero-order chi connectivity index (χ0) is 11.0. The number of rotatable bonds is 1. The minimum absolute atomic E-state index is 0.657. The van der Waals surface area contributed by atoms with Crippen LogP contribution in [0.3, 0.4) is 0 Å². The molecule has 0 radical (unpaired) electrons. The molecule has 0 aliphatic rings. The monoisotopic (exact) mass is 228 g/mol. The predicted octanol–water partition coefficient (Wildman–Crippen LogP) is 3.18. The average molecular weight is 228 g/mol. The second kappa shape index (κ2) is 3.64. The van der Waals surface area contributed by atoms with E-state index < -0.39 is 0 Å². The van der Waals surface area contributed by atoms with Gasteiger partial charge in [0.1, 0.15) is 5.52 Å². The topological polar surface area (TPSA) is 38.9 Å². The van der Waals surface area contributed by atoms with Gasteiger partial charge in [-0.05, 0) is 23.3 Å². The summed E-state index contributed by atoms with van der Waals surface area (Å²) in [6.07, 6.45) is 0. The van der Waals surface area contributed by atoms with Gasteiger partial charge in [0.2, 0.25) is 0 Å². The van der Waals surface area contributed by atoms with Crippen molar-refractivity contribution in [3.05, 3.63) is 42.5 Å². The summed E-state index contributed by atoms with van der Waals surface area (Å²) in [5.74, 6) is 0. The van der Waals surface area contributed by atoms with E-state index in [2.05, 4.69) is 23.0 Å². The molecule has 0 saturated heterocycles. The third kappa shape index (κ3) is 1.47. The third-order valence-electron chi connectivity index (χ3n) is 2.45. The maximum absolute atomic E-state index is 4.98. The first-order chi connectivity index (χ1) is 7.84. The van der Waals surface area contributed by atoms with Crippen molar-refractivity contribution in [1.82, 2.24) is 10.4 Å². The lowest BCUT2D eigenvalue weighted by molar-refractivity contribution is 0.423. The van der Waals surface area contributed by atoms with Gasteiger partial charge in [0.05, 0.1) is 0 Å². The Balaban J connectivity index is 2.27. The van der Waals surface area contributed by atoms with Crippen molar-refractivity contribution in [3.8, 4) is 11.1 Å². The van der Waals surface area contributed by atoms with Crippen LogP contribution in [0.1, 0.15) is 0 Å². The molecule has 0 spiro atoms. The molecule has 0 aliphatic carbocycles. The Bertz CT molecular complexity index is 634. The van der Waals surface area contributed by atoms with Crippen LogP contribution < -0.4 is 0 Å². The minimum Gasteiger partial charge on any atom is -0.337 e. The fraction of sp³-hybridized carbons (Fsp3) is 0. The lowest BCUT2D eigenvalue weighted by atomic mass is 10.1. The lowest BCUT2D eigenvalue weighted by Gasteiger charge is -2.03. The molecule has 3 nitrogen and oxygen atoms in total. The second-order valence-electron chi connectivity index (χ2n) is 3.48. The van der Waals surface area contributed by atoms with Gasteiger partial charge < -0.3 is 4.52 Å². The highest BCUT2D eigenvalue weighted by Gasteiger charge is 2.07. The minimum atomic E-state index is 0.657. The Morgan fingerprint density at radius 1 is 1.06 bits per heavy atom. The number of fused-ring (bicyclic) bond motifs is 1. The van der Waals surface area contributed by atoms with Crippen molar-refractivity contribution in [1.29, 1.82) is 0 Å². The highest BCUT2D eigenvalue weighted by Crippen LogP contribution is 2.29. The van der Waals surface area contributed by atoms with E-state index in [0.717, 1.165) is 21.5 Å². The van der Waals surface area contributed by atoms with Crippen molar-refractivity contribution in [2.24, 2.45) is 0 Å². The zero-order valence-corrected chi connectivity index (χ0v) is 9.19. The number of aromatic nitrogens is 2. The second-order valence-corrected chi connectivity index (χ2v) is 3.96. The maximum atomic E-state index is 4.98. The van der Waals surface area contributed by atoms with E-state index in [1.807, 2.05) is 42.5 Å². The van der Waals surface area contributed by atoms with Crippen LogP contribution in [0.2, 0.25) is 0 Å². The lowest BCUT2D eigenvalue weighted by Crippen LogP contribution is -1.80. The molecule has 0 aliphatic heterocycles. The van der Waals surface area contributed by atoms with Gasteiger partial charge in [-0.1, -0.05) is 30.3 Å². The number of hydrogen-bond acceptors (Lipinski definition) is 4. The summed E-state index contributed by atoms with van der Waals surface area (Å²) >= 11 is 4.44. The molecule has 1 heterocycles. The van der Waals surface area contributed by atoms with Gasteiger partial charge in [-0.15, -0.1) is 17.7 Å². The zero-order valence-electron chi connectivity index (χ0n) is 8.29. The van der Waals surface area contributed by atoms with Gasteiger partial charge in [-0.25, -0.2) is 0 Å². The van der Waals surface area contributed by atoms with Crippen molar-refractivity contribution >= 4 is 23.7 Å². The van der Waals surface area contributed by atoms with Crippen LogP contribution in [0.15, 0.2) is 51.9 Å². The largest absolute Gasteiger partial charge is 0.337 e. The van der Waals surface area contributed by atoms with Crippen molar-refractivity contribution in [2.75, 3.05) is 0 Å². The molecular weight excluding hydrogens is 220 g/mol. The van der Waals surface area contributed by atoms with E-state index >= 15 is 0 Å². The molecule has 78 valence electrons. The Kier molecular flexibility index (Phi) is 2.15. The van der Waals surface area contributed by atoms with E-state index in [4.69, 9.17) is 4.52 Å². The first-order valence-electron chi connectivity index (χ1n) is 4.85. The summed E-state index contributed by atoms with van der Waals surface area (Å²) < 4.78 is 4.98. The molecule has 0 N–H and O–H groups in total. The number of benzene rings is 2. The first kappa shape index (κ1) is 9.42. The average Bonchev–Trinajstić information content (AvgIpc) is 2.76. The number of hydrogen-bond donors (Lipinski definition) is 1. The summed E-state index contributed by atoms with van der Waals surface area (Å²) in [4.78, 5) is 0.859. The quantitative estimate of drug-likeness (QED) is 0.650. The molecule has 4 heteroatoms. The van der Waals surface area contributed by atoms with Gasteiger partial charge in [-0.2, -0.15) is 0 Å². The highest BCUT2D eigenvalue weighted by atomic mass is 32.1. The summed E-state index contributed by atoms with van der Waals surface area (Å²) in [7, 11) is 0. The predicted molar refractivity (Wildman–Crippen MR) is 64.5 cm³/mol. The van der Waals surface area contributed by atoms with Gasteiger partial charge in [0.25, 0.3) is 0 Å². The van der Waals surface area contributed by atoms with E-state index in [-0.39, 0.29) is 0 Å². The van der Waals surface area contributed by atoms with Crippen LogP contribution >= 0.6 is 12.6 Å². The Morgan fingerprint density at radius 3 is 2.69 bits per heavy atom. The van der Waals surface area contributed by atoms with Crippen LogP contribution in [-0.4, -0.2) is 10.4 Å².